The second kappa shape index (κ2) is 8.26. The topological polar surface area (TPSA) is 85.5 Å². The number of rotatable bonds is 6. The first-order valence-electron chi connectivity index (χ1n) is 9.69. The van der Waals surface area contributed by atoms with Crippen LogP contribution in [0.15, 0.2) is 17.8 Å². The summed E-state index contributed by atoms with van der Waals surface area (Å²) < 4.78 is 5.63. The molecule has 1 saturated heterocycles. The Labute approximate surface area is 166 Å². The number of hydrogen-bond acceptors (Lipinski definition) is 6. The third-order valence-corrected chi connectivity index (χ3v) is 5.78. The molecule has 0 radical (unpaired) electrons. The van der Waals surface area contributed by atoms with Crippen LogP contribution in [0.25, 0.3) is 5.70 Å². The zero-order valence-electron chi connectivity index (χ0n) is 16.6. The number of allylic oxidation sites excluding steroid dienone is 1. The van der Waals surface area contributed by atoms with E-state index in [1.165, 1.54) is 0 Å². The van der Waals surface area contributed by atoms with Gasteiger partial charge in [0.1, 0.15) is 5.69 Å². The van der Waals surface area contributed by atoms with E-state index in [2.05, 4.69) is 22.7 Å². The molecule has 148 valence electrons. The lowest BCUT2D eigenvalue weighted by molar-refractivity contribution is -0.114. The SMILES string of the molecule is C#CC1=C(N2CCC(C)(OC)CC2)c2cc(C(=O)CCCN)ncc2CC1=O. The lowest BCUT2D eigenvalue weighted by atomic mass is 9.86. The van der Waals surface area contributed by atoms with E-state index in [1.807, 2.05) is 0 Å². The van der Waals surface area contributed by atoms with Crippen LogP contribution in [0.5, 0.6) is 0 Å². The minimum Gasteiger partial charge on any atom is -0.378 e. The number of Topliss-reactive ketones (excluding diaryl/α,β-unsaturated/α-hetero) is 2. The van der Waals surface area contributed by atoms with Crippen LogP contribution in [0.3, 0.4) is 0 Å². The molecular weight excluding hydrogens is 354 g/mol. The van der Waals surface area contributed by atoms with Crippen molar-refractivity contribution in [2.45, 2.75) is 44.6 Å². The average molecular weight is 381 g/mol. The van der Waals surface area contributed by atoms with Gasteiger partial charge in [0.15, 0.2) is 11.6 Å². The molecular formula is C22H27N3O3. The highest BCUT2D eigenvalue weighted by Crippen LogP contribution is 2.36. The summed E-state index contributed by atoms with van der Waals surface area (Å²) in [5, 5.41) is 0. The summed E-state index contributed by atoms with van der Waals surface area (Å²) in [4.78, 5) is 31.5. The number of methoxy groups -OCH3 is 1. The van der Waals surface area contributed by atoms with Crippen LogP contribution in [0.2, 0.25) is 0 Å². The summed E-state index contributed by atoms with van der Waals surface area (Å²) in [5.41, 5.74) is 8.54. The van der Waals surface area contributed by atoms with E-state index in [4.69, 9.17) is 16.9 Å². The van der Waals surface area contributed by atoms with Crippen molar-refractivity contribution in [1.29, 1.82) is 0 Å². The van der Waals surface area contributed by atoms with Crippen molar-refractivity contribution in [3.05, 3.63) is 34.7 Å². The molecule has 1 aromatic heterocycles. The summed E-state index contributed by atoms with van der Waals surface area (Å²) in [6, 6.07) is 1.79. The molecule has 0 atom stereocenters. The molecule has 2 N–H and O–H groups in total. The van der Waals surface area contributed by atoms with Crippen LogP contribution in [-0.2, 0) is 16.0 Å². The highest BCUT2D eigenvalue weighted by molar-refractivity contribution is 6.10. The van der Waals surface area contributed by atoms with Crippen molar-refractivity contribution in [3.63, 3.8) is 0 Å². The molecule has 0 unspecified atom stereocenters. The zero-order valence-corrected chi connectivity index (χ0v) is 16.6. The Hall–Kier alpha value is -2.49. The maximum absolute atomic E-state index is 12.6. The van der Waals surface area contributed by atoms with Gasteiger partial charge in [0, 0.05) is 44.8 Å². The fraction of sp³-hybridized carbons (Fsp3) is 0.500. The molecule has 0 spiro atoms. The van der Waals surface area contributed by atoms with E-state index >= 15 is 0 Å². The molecule has 2 heterocycles. The first-order chi connectivity index (χ1) is 13.4. The number of hydrogen-bond donors (Lipinski definition) is 1. The third-order valence-electron chi connectivity index (χ3n) is 5.78. The lowest BCUT2D eigenvalue weighted by Gasteiger charge is -2.41. The smallest absolute Gasteiger partial charge is 0.181 e. The third kappa shape index (κ3) is 3.87. The summed E-state index contributed by atoms with van der Waals surface area (Å²) in [7, 11) is 1.73. The van der Waals surface area contributed by atoms with Crippen molar-refractivity contribution in [2.24, 2.45) is 5.73 Å². The molecule has 1 fully saturated rings. The largest absolute Gasteiger partial charge is 0.378 e. The summed E-state index contributed by atoms with van der Waals surface area (Å²) in [6.07, 6.45) is 10.2. The molecule has 3 rings (SSSR count). The van der Waals surface area contributed by atoms with Gasteiger partial charge in [-0.05, 0) is 44.4 Å². The predicted octanol–water partition coefficient (Wildman–Crippen LogP) is 1.97. The Kier molecular flexibility index (Phi) is 5.97. The number of carbonyl (C=O) groups is 2. The van der Waals surface area contributed by atoms with Gasteiger partial charge in [-0.2, -0.15) is 0 Å². The molecule has 1 aliphatic carbocycles. The Balaban J connectivity index is 1.99. The number of ketones is 2. The highest BCUT2D eigenvalue weighted by atomic mass is 16.5. The normalized spacial score (nSPS) is 18.6. The van der Waals surface area contributed by atoms with Crippen LogP contribution in [0, 0.1) is 12.3 Å². The monoisotopic (exact) mass is 381 g/mol. The number of pyridine rings is 1. The van der Waals surface area contributed by atoms with E-state index in [0.29, 0.717) is 30.7 Å². The van der Waals surface area contributed by atoms with Crippen molar-refractivity contribution < 1.29 is 14.3 Å². The van der Waals surface area contributed by atoms with Gasteiger partial charge in [0.25, 0.3) is 0 Å². The number of fused-ring (bicyclic) bond motifs is 1. The van der Waals surface area contributed by atoms with E-state index in [-0.39, 0.29) is 23.6 Å². The number of carbonyl (C=O) groups excluding carboxylic acids is 2. The average Bonchev–Trinajstić information content (AvgIpc) is 2.71. The number of nitrogens with two attached hydrogens (primary N) is 1. The molecule has 6 heteroatoms. The maximum Gasteiger partial charge on any atom is 0.181 e. The molecule has 1 aliphatic heterocycles. The molecule has 0 amide bonds. The molecule has 0 bridgehead atoms. The number of terminal acetylenes is 1. The Bertz CT molecular complexity index is 858. The van der Waals surface area contributed by atoms with Gasteiger partial charge in [0.2, 0.25) is 0 Å². The standard InChI is InChI=1S/C22H27N3O3/c1-4-16-20(27)12-15-14-24-18(19(26)6-5-9-23)13-17(15)21(16)25-10-7-22(2,28-3)8-11-25/h1,13-14H,5-12,23H2,2-3H3. The number of aromatic nitrogens is 1. The molecule has 0 saturated carbocycles. The summed E-state index contributed by atoms with van der Waals surface area (Å²) in [5.74, 6) is 2.48. The van der Waals surface area contributed by atoms with Crippen molar-refractivity contribution in [3.8, 4) is 12.3 Å². The fourth-order valence-corrected chi connectivity index (χ4v) is 3.80. The first-order valence-corrected chi connectivity index (χ1v) is 9.69. The minimum atomic E-state index is -0.170. The van der Waals surface area contributed by atoms with Gasteiger partial charge in [-0.15, -0.1) is 6.42 Å². The van der Waals surface area contributed by atoms with Crippen LogP contribution in [-0.4, -0.2) is 53.8 Å². The Morgan fingerprint density at radius 1 is 1.43 bits per heavy atom. The zero-order chi connectivity index (χ0) is 20.3. The fourth-order valence-electron chi connectivity index (χ4n) is 3.80. The summed E-state index contributed by atoms with van der Waals surface area (Å²) >= 11 is 0. The van der Waals surface area contributed by atoms with Gasteiger partial charge in [-0.25, -0.2) is 0 Å². The van der Waals surface area contributed by atoms with Gasteiger partial charge < -0.3 is 15.4 Å². The van der Waals surface area contributed by atoms with E-state index < -0.39 is 0 Å². The van der Waals surface area contributed by atoms with Crippen LogP contribution in [0.1, 0.15) is 54.2 Å². The number of likely N-dealkylation sites (tertiary alicyclic amines) is 1. The van der Waals surface area contributed by atoms with E-state index in [9.17, 15) is 9.59 Å². The second-order valence-corrected chi connectivity index (χ2v) is 7.65. The summed E-state index contributed by atoms with van der Waals surface area (Å²) in [6.45, 7) is 4.02. The predicted molar refractivity (Wildman–Crippen MR) is 108 cm³/mol. The van der Waals surface area contributed by atoms with Crippen LogP contribution >= 0.6 is 0 Å². The number of nitrogens with zero attached hydrogens (tertiary/aromatic N) is 2. The first kappa shape index (κ1) is 20.2. The molecule has 1 aromatic rings. The minimum absolute atomic E-state index is 0.0441. The highest BCUT2D eigenvalue weighted by Gasteiger charge is 2.35. The van der Waals surface area contributed by atoms with Crippen molar-refractivity contribution in [1.82, 2.24) is 9.88 Å². The van der Waals surface area contributed by atoms with Crippen LogP contribution in [0.4, 0.5) is 0 Å². The number of piperidine rings is 1. The van der Waals surface area contributed by atoms with Crippen LogP contribution < -0.4 is 5.73 Å². The second-order valence-electron chi connectivity index (χ2n) is 7.65. The maximum atomic E-state index is 12.6. The number of ether oxygens (including phenoxy) is 1. The van der Waals surface area contributed by atoms with E-state index in [0.717, 1.165) is 42.8 Å². The van der Waals surface area contributed by atoms with Crippen molar-refractivity contribution in [2.75, 3.05) is 26.7 Å². The van der Waals surface area contributed by atoms with Gasteiger partial charge in [-0.3, -0.25) is 14.6 Å². The Morgan fingerprint density at radius 3 is 2.75 bits per heavy atom. The van der Waals surface area contributed by atoms with Gasteiger partial charge in [0.05, 0.1) is 16.9 Å². The van der Waals surface area contributed by atoms with E-state index in [1.54, 1.807) is 19.4 Å². The quantitative estimate of drug-likeness (QED) is 0.599. The molecule has 6 nitrogen and oxygen atoms in total. The van der Waals surface area contributed by atoms with Crippen molar-refractivity contribution >= 4 is 17.3 Å². The van der Waals surface area contributed by atoms with Gasteiger partial charge in [-0.1, -0.05) is 5.92 Å². The van der Waals surface area contributed by atoms with Gasteiger partial charge >= 0.3 is 0 Å². The molecule has 28 heavy (non-hydrogen) atoms. The lowest BCUT2D eigenvalue weighted by Crippen LogP contribution is -2.43. The Morgan fingerprint density at radius 2 is 2.14 bits per heavy atom. The molecule has 0 aromatic carbocycles. The molecule has 2 aliphatic rings.